The first-order valence-electron chi connectivity index (χ1n) is 5.11. The Kier molecular flexibility index (Phi) is 3.74. The second-order valence-electron chi connectivity index (χ2n) is 3.40. The van der Waals surface area contributed by atoms with E-state index in [1.807, 2.05) is 0 Å². The van der Waals surface area contributed by atoms with Gasteiger partial charge in [0.2, 0.25) is 5.88 Å². The molecule has 2 aromatic heterocycles. The second kappa shape index (κ2) is 5.46. The number of anilines is 1. The maximum absolute atomic E-state index is 12.0. The molecule has 0 aliphatic rings. The van der Waals surface area contributed by atoms with Crippen molar-refractivity contribution < 1.29 is 9.53 Å². The molecule has 2 rings (SSSR count). The van der Waals surface area contributed by atoms with Gasteiger partial charge in [0, 0.05) is 30.2 Å². The Morgan fingerprint density at radius 3 is 2.94 bits per heavy atom. The van der Waals surface area contributed by atoms with Crippen LogP contribution in [-0.4, -0.2) is 23.0 Å². The van der Waals surface area contributed by atoms with E-state index in [0.717, 1.165) is 0 Å². The molecule has 0 saturated heterocycles. The Balaban J connectivity index is 2.19. The number of amides is 1. The van der Waals surface area contributed by atoms with Crippen LogP contribution < -0.4 is 10.1 Å². The summed E-state index contributed by atoms with van der Waals surface area (Å²) in [7, 11) is 1.49. The molecule has 0 bridgehead atoms. The lowest BCUT2D eigenvalue weighted by Crippen LogP contribution is -2.12. The van der Waals surface area contributed by atoms with Crippen molar-refractivity contribution in [3.63, 3.8) is 0 Å². The van der Waals surface area contributed by atoms with Gasteiger partial charge in [-0.1, -0.05) is 11.6 Å². The first kappa shape index (κ1) is 12.3. The number of ether oxygens (including phenoxy) is 1. The molecule has 6 heteroatoms. The van der Waals surface area contributed by atoms with E-state index in [9.17, 15) is 4.79 Å². The van der Waals surface area contributed by atoms with Crippen molar-refractivity contribution in [3.8, 4) is 5.88 Å². The number of carbonyl (C=O) groups excluding carboxylic acids is 1. The topological polar surface area (TPSA) is 64.1 Å². The van der Waals surface area contributed by atoms with Crippen LogP contribution in [0, 0.1) is 0 Å². The fraction of sp³-hybridized carbons (Fsp3) is 0.0833. The number of methoxy groups -OCH3 is 1. The van der Waals surface area contributed by atoms with E-state index < -0.39 is 0 Å². The number of pyridine rings is 2. The Hall–Kier alpha value is -2.14. The Bertz CT molecular complexity index is 575. The van der Waals surface area contributed by atoms with Gasteiger partial charge in [-0.25, -0.2) is 4.98 Å². The van der Waals surface area contributed by atoms with Crippen molar-refractivity contribution >= 4 is 23.2 Å². The normalized spacial score (nSPS) is 9.89. The molecule has 0 aromatic carbocycles. The highest BCUT2D eigenvalue weighted by Gasteiger charge is 2.09. The van der Waals surface area contributed by atoms with Crippen molar-refractivity contribution in [2.45, 2.75) is 0 Å². The number of nitrogens with zero attached hydrogens (tertiary/aromatic N) is 2. The van der Waals surface area contributed by atoms with Gasteiger partial charge in [-0.2, -0.15) is 0 Å². The monoisotopic (exact) mass is 263 g/mol. The fourth-order valence-electron chi connectivity index (χ4n) is 1.33. The molecule has 0 aliphatic heterocycles. The average molecular weight is 264 g/mol. The summed E-state index contributed by atoms with van der Waals surface area (Å²) in [6.45, 7) is 0. The lowest BCUT2D eigenvalue weighted by molar-refractivity contribution is 0.102. The van der Waals surface area contributed by atoms with Gasteiger partial charge in [0.15, 0.2) is 0 Å². The zero-order chi connectivity index (χ0) is 13.0. The summed E-state index contributed by atoms with van der Waals surface area (Å²) in [5.74, 6) is 0.0901. The maximum atomic E-state index is 12.0. The van der Waals surface area contributed by atoms with Gasteiger partial charge in [-0.05, 0) is 12.1 Å². The molecular weight excluding hydrogens is 254 g/mol. The summed E-state index contributed by atoms with van der Waals surface area (Å²) in [4.78, 5) is 19.7. The lowest BCUT2D eigenvalue weighted by Gasteiger charge is -2.07. The molecule has 0 unspecified atom stereocenters. The smallest absolute Gasteiger partial charge is 0.255 e. The molecule has 2 aromatic rings. The number of hydrogen-bond donors (Lipinski definition) is 1. The van der Waals surface area contributed by atoms with Gasteiger partial charge in [0.1, 0.15) is 0 Å². The van der Waals surface area contributed by atoms with Crippen LogP contribution in [0.4, 0.5) is 5.69 Å². The van der Waals surface area contributed by atoms with Gasteiger partial charge in [0.05, 0.1) is 17.8 Å². The molecule has 0 aliphatic carbocycles. The Morgan fingerprint density at radius 2 is 2.22 bits per heavy atom. The minimum Gasteiger partial charge on any atom is -0.481 e. The summed E-state index contributed by atoms with van der Waals surface area (Å²) in [5, 5.41) is 3.06. The van der Waals surface area contributed by atoms with Crippen molar-refractivity contribution in [3.05, 3.63) is 47.4 Å². The first-order chi connectivity index (χ1) is 8.70. The number of nitrogens with one attached hydrogen (secondary N) is 1. The van der Waals surface area contributed by atoms with Gasteiger partial charge >= 0.3 is 0 Å². The van der Waals surface area contributed by atoms with Crippen LogP contribution in [0.15, 0.2) is 36.8 Å². The molecule has 1 N–H and O–H groups in total. The second-order valence-corrected chi connectivity index (χ2v) is 3.80. The van der Waals surface area contributed by atoms with Crippen LogP contribution in [0.3, 0.4) is 0 Å². The minimum absolute atomic E-state index is 0.288. The maximum Gasteiger partial charge on any atom is 0.255 e. The first-order valence-corrected chi connectivity index (χ1v) is 5.49. The number of aromatic nitrogens is 2. The van der Waals surface area contributed by atoms with E-state index in [4.69, 9.17) is 16.3 Å². The third kappa shape index (κ3) is 2.75. The highest BCUT2D eigenvalue weighted by Crippen LogP contribution is 2.20. The number of rotatable bonds is 3. The van der Waals surface area contributed by atoms with Crippen LogP contribution in [0.25, 0.3) is 0 Å². The van der Waals surface area contributed by atoms with Crippen molar-refractivity contribution in [2.75, 3.05) is 12.4 Å². The third-order valence-corrected chi connectivity index (χ3v) is 2.53. The van der Waals surface area contributed by atoms with E-state index in [2.05, 4.69) is 15.3 Å². The van der Waals surface area contributed by atoms with Gasteiger partial charge in [-0.3, -0.25) is 9.78 Å². The van der Waals surface area contributed by atoms with Crippen molar-refractivity contribution in [2.24, 2.45) is 0 Å². The summed E-state index contributed by atoms with van der Waals surface area (Å²) in [5.41, 5.74) is 0.946. The largest absolute Gasteiger partial charge is 0.481 e. The molecule has 2 heterocycles. The molecule has 0 fully saturated rings. The lowest BCUT2D eigenvalue weighted by atomic mass is 10.2. The fourth-order valence-corrected chi connectivity index (χ4v) is 1.50. The van der Waals surface area contributed by atoms with Crippen LogP contribution in [-0.2, 0) is 0 Å². The van der Waals surface area contributed by atoms with Gasteiger partial charge in [0.25, 0.3) is 5.91 Å². The summed E-state index contributed by atoms with van der Waals surface area (Å²) >= 11 is 5.90. The van der Waals surface area contributed by atoms with E-state index in [1.54, 1.807) is 24.4 Å². The predicted molar refractivity (Wildman–Crippen MR) is 68.0 cm³/mol. The summed E-state index contributed by atoms with van der Waals surface area (Å²) in [6, 6.07) is 4.76. The number of halogens is 1. The summed E-state index contributed by atoms with van der Waals surface area (Å²) < 4.78 is 4.95. The number of carbonyl (C=O) groups is 1. The van der Waals surface area contributed by atoms with Crippen molar-refractivity contribution in [1.29, 1.82) is 0 Å². The molecule has 92 valence electrons. The van der Waals surface area contributed by atoms with E-state index in [-0.39, 0.29) is 5.91 Å². The average Bonchev–Trinajstić information content (AvgIpc) is 2.41. The SMILES string of the molecule is COc1cc(C(=O)Nc2ccncc2Cl)ccn1. The molecule has 1 amide bonds. The highest BCUT2D eigenvalue weighted by molar-refractivity contribution is 6.33. The van der Waals surface area contributed by atoms with Gasteiger partial charge < -0.3 is 10.1 Å². The molecule has 18 heavy (non-hydrogen) atoms. The van der Waals surface area contributed by atoms with Gasteiger partial charge in [-0.15, -0.1) is 0 Å². The molecule has 0 radical (unpaired) electrons. The zero-order valence-corrected chi connectivity index (χ0v) is 10.3. The Labute approximate surface area is 109 Å². The standard InChI is InChI=1S/C12H10ClN3O2/c1-18-11-6-8(2-5-15-11)12(17)16-10-3-4-14-7-9(10)13/h2-7H,1H3,(H,14,16,17). The quantitative estimate of drug-likeness (QED) is 0.923. The van der Waals surface area contributed by atoms with Crippen LogP contribution in [0.1, 0.15) is 10.4 Å². The predicted octanol–water partition coefficient (Wildman–Crippen LogP) is 2.39. The van der Waals surface area contributed by atoms with Crippen molar-refractivity contribution in [1.82, 2.24) is 9.97 Å². The third-order valence-electron chi connectivity index (χ3n) is 2.23. The van der Waals surface area contributed by atoms with E-state index in [0.29, 0.717) is 22.2 Å². The zero-order valence-electron chi connectivity index (χ0n) is 9.55. The molecule has 0 spiro atoms. The van der Waals surface area contributed by atoms with Crippen LogP contribution in [0.5, 0.6) is 5.88 Å². The molecular formula is C12H10ClN3O2. The molecule has 5 nitrogen and oxygen atoms in total. The highest BCUT2D eigenvalue weighted by atomic mass is 35.5. The Morgan fingerprint density at radius 1 is 1.39 bits per heavy atom. The van der Waals surface area contributed by atoms with E-state index >= 15 is 0 Å². The number of hydrogen-bond acceptors (Lipinski definition) is 4. The molecule has 0 saturated carbocycles. The molecule has 0 atom stereocenters. The summed E-state index contributed by atoms with van der Waals surface area (Å²) in [6.07, 6.45) is 4.51. The van der Waals surface area contributed by atoms with Crippen LogP contribution in [0.2, 0.25) is 5.02 Å². The van der Waals surface area contributed by atoms with E-state index in [1.165, 1.54) is 19.5 Å². The minimum atomic E-state index is -0.288. The van der Waals surface area contributed by atoms with Crippen LogP contribution >= 0.6 is 11.6 Å².